The van der Waals surface area contributed by atoms with Crippen LogP contribution >= 0.6 is 0 Å². The van der Waals surface area contributed by atoms with Crippen LogP contribution < -0.4 is 5.73 Å². The summed E-state index contributed by atoms with van der Waals surface area (Å²) < 4.78 is 5.81. The Bertz CT molecular complexity index is 362. The molecule has 2 nitrogen and oxygen atoms in total. The van der Waals surface area contributed by atoms with Crippen molar-refractivity contribution < 1.29 is 4.74 Å². The predicted octanol–water partition coefficient (Wildman–Crippen LogP) is 3.50. The molecule has 0 saturated heterocycles. The van der Waals surface area contributed by atoms with E-state index in [4.69, 9.17) is 10.5 Å². The monoisotopic (exact) mass is 247 g/mol. The summed E-state index contributed by atoms with van der Waals surface area (Å²) in [5.74, 6) is 0. The third-order valence-corrected chi connectivity index (χ3v) is 4.10. The van der Waals surface area contributed by atoms with Crippen molar-refractivity contribution in [1.82, 2.24) is 0 Å². The van der Waals surface area contributed by atoms with Gasteiger partial charge in [0.15, 0.2) is 0 Å². The van der Waals surface area contributed by atoms with Gasteiger partial charge in [0.1, 0.15) is 0 Å². The van der Waals surface area contributed by atoms with Gasteiger partial charge in [0.2, 0.25) is 0 Å². The summed E-state index contributed by atoms with van der Waals surface area (Å²) in [6.45, 7) is 6.01. The van der Waals surface area contributed by atoms with E-state index in [0.29, 0.717) is 18.6 Å². The van der Waals surface area contributed by atoms with E-state index in [1.165, 1.54) is 18.4 Å². The van der Waals surface area contributed by atoms with Crippen molar-refractivity contribution in [3.63, 3.8) is 0 Å². The summed E-state index contributed by atoms with van der Waals surface area (Å²) in [4.78, 5) is 0. The molecule has 0 unspecified atom stereocenters. The van der Waals surface area contributed by atoms with Crippen molar-refractivity contribution in [3.05, 3.63) is 35.9 Å². The van der Waals surface area contributed by atoms with Gasteiger partial charge in [-0.05, 0) is 36.7 Å². The second-order valence-corrected chi connectivity index (χ2v) is 6.50. The molecule has 0 aromatic heterocycles. The molecule has 0 heterocycles. The first-order valence-electron chi connectivity index (χ1n) is 6.90. The Balaban J connectivity index is 1.77. The van der Waals surface area contributed by atoms with Crippen LogP contribution in [0.4, 0.5) is 0 Å². The Morgan fingerprint density at radius 1 is 1.06 bits per heavy atom. The molecular weight excluding hydrogens is 222 g/mol. The van der Waals surface area contributed by atoms with Gasteiger partial charge in [-0.25, -0.2) is 0 Å². The van der Waals surface area contributed by atoms with Crippen molar-refractivity contribution >= 4 is 0 Å². The smallest absolute Gasteiger partial charge is 0.0717 e. The number of hydrogen-bond acceptors (Lipinski definition) is 2. The first-order chi connectivity index (χ1) is 8.49. The molecule has 18 heavy (non-hydrogen) atoms. The molecule has 100 valence electrons. The highest BCUT2D eigenvalue weighted by Gasteiger charge is 2.35. The maximum atomic E-state index is 6.42. The third-order valence-electron chi connectivity index (χ3n) is 4.10. The lowest BCUT2D eigenvalue weighted by molar-refractivity contribution is 0.0384. The van der Waals surface area contributed by atoms with Crippen molar-refractivity contribution in [1.29, 1.82) is 0 Å². The van der Waals surface area contributed by atoms with Crippen LogP contribution in [0.1, 0.15) is 45.1 Å². The van der Waals surface area contributed by atoms with Gasteiger partial charge in [-0.3, -0.25) is 0 Å². The summed E-state index contributed by atoms with van der Waals surface area (Å²) in [6.07, 6.45) is 4.57. The molecule has 0 aliphatic heterocycles. The van der Waals surface area contributed by atoms with E-state index in [-0.39, 0.29) is 5.54 Å². The lowest BCUT2D eigenvalue weighted by atomic mass is 9.70. The van der Waals surface area contributed by atoms with Gasteiger partial charge in [-0.15, -0.1) is 0 Å². The second kappa shape index (κ2) is 5.41. The van der Waals surface area contributed by atoms with Crippen LogP contribution in [0.25, 0.3) is 0 Å². The van der Waals surface area contributed by atoms with Gasteiger partial charge in [-0.2, -0.15) is 0 Å². The Labute approximate surface area is 111 Å². The lowest BCUT2D eigenvalue weighted by Gasteiger charge is -2.41. The molecule has 1 aromatic carbocycles. The minimum atomic E-state index is -0.107. The largest absolute Gasteiger partial charge is 0.375 e. The topological polar surface area (TPSA) is 35.2 Å². The minimum absolute atomic E-state index is 0.107. The highest BCUT2D eigenvalue weighted by molar-refractivity contribution is 5.13. The van der Waals surface area contributed by atoms with E-state index in [1.54, 1.807) is 0 Å². The molecule has 1 aliphatic rings. The van der Waals surface area contributed by atoms with Crippen molar-refractivity contribution in [2.75, 3.05) is 6.61 Å². The molecule has 0 atom stereocenters. The Morgan fingerprint density at radius 2 is 1.67 bits per heavy atom. The number of nitrogens with two attached hydrogens (primary N) is 1. The van der Waals surface area contributed by atoms with Crippen LogP contribution in [-0.4, -0.2) is 12.1 Å². The average molecular weight is 247 g/mol. The molecule has 0 amide bonds. The third kappa shape index (κ3) is 3.82. The number of rotatable bonds is 4. The molecule has 1 saturated carbocycles. The van der Waals surface area contributed by atoms with E-state index >= 15 is 0 Å². The van der Waals surface area contributed by atoms with Crippen LogP contribution in [0.5, 0.6) is 0 Å². The van der Waals surface area contributed by atoms with Crippen LogP contribution in [0.2, 0.25) is 0 Å². The SMILES string of the molecule is CC1(C)CCC(N)(COCc2ccccc2)CC1. The van der Waals surface area contributed by atoms with E-state index < -0.39 is 0 Å². The Morgan fingerprint density at radius 3 is 2.28 bits per heavy atom. The summed E-state index contributed by atoms with van der Waals surface area (Å²) in [7, 11) is 0. The van der Waals surface area contributed by atoms with Crippen LogP contribution in [0, 0.1) is 5.41 Å². The molecule has 1 fully saturated rings. The summed E-state index contributed by atoms with van der Waals surface area (Å²) in [6, 6.07) is 10.3. The van der Waals surface area contributed by atoms with Gasteiger partial charge in [0.25, 0.3) is 0 Å². The minimum Gasteiger partial charge on any atom is -0.375 e. The first kappa shape index (κ1) is 13.6. The van der Waals surface area contributed by atoms with E-state index in [0.717, 1.165) is 12.8 Å². The fourth-order valence-electron chi connectivity index (χ4n) is 2.52. The number of hydrogen-bond donors (Lipinski definition) is 1. The van der Waals surface area contributed by atoms with Crippen LogP contribution in [0.3, 0.4) is 0 Å². The first-order valence-corrected chi connectivity index (χ1v) is 6.90. The number of benzene rings is 1. The zero-order chi connectivity index (χ0) is 13.1. The molecule has 1 aromatic rings. The average Bonchev–Trinajstić information content (AvgIpc) is 2.35. The summed E-state index contributed by atoms with van der Waals surface area (Å²) in [5, 5.41) is 0. The van der Waals surface area contributed by atoms with E-state index in [9.17, 15) is 0 Å². The zero-order valence-electron chi connectivity index (χ0n) is 11.6. The van der Waals surface area contributed by atoms with Gasteiger partial charge in [0, 0.05) is 5.54 Å². The highest BCUT2D eigenvalue weighted by Crippen LogP contribution is 2.39. The normalized spacial score (nSPS) is 21.7. The molecule has 2 N–H and O–H groups in total. The summed E-state index contributed by atoms with van der Waals surface area (Å²) >= 11 is 0. The lowest BCUT2D eigenvalue weighted by Crippen LogP contribution is -2.48. The quantitative estimate of drug-likeness (QED) is 0.883. The Hall–Kier alpha value is -0.860. The van der Waals surface area contributed by atoms with Crippen molar-refractivity contribution in [2.24, 2.45) is 11.1 Å². The highest BCUT2D eigenvalue weighted by atomic mass is 16.5. The van der Waals surface area contributed by atoms with Gasteiger partial charge in [-0.1, -0.05) is 44.2 Å². The van der Waals surface area contributed by atoms with Crippen molar-refractivity contribution in [2.45, 2.75) is 51.7 Å². The molecule has 0 radical (unpaired) electrons. The van der Waals surface area contributed by atoms with Gasteiger partial charge >= 0.3 is 0 Å². The molecular formula is C16H25NO. The maximum Gasteiger partial charge on any atom is 0.0717 e. The molecule has 2 rings (SSSR count). The molecule has 1 aliphatic carbocycles. The predicted molar refractivity (Wildman–Crippen MR) is 75.3 cm³/mol. The van der Waals surface area contributed by atoms with E-state index in [2.05, 4.69) is 26.0 Å². The second-order valence-electron chi connectivity index (χ2n) is 6.50. The Kier molecular flexibility index (Phi) is 4.08. The van der Waals surface area contributed by atoms with Crippen LogP contribution in [0.15, 0.2) is 30.3 Å². The van der Waals surface area contributed by atoms with E-state index in [1.807, 2.05) is 18.2 Å². The zero-order valence-corrected chi connectivity index (χ0v) is 11.6. The number of ether oxygens (including phenoxy) is 1. The fraction of sp³-hybridized carbons (Fsp3) is 0.625. The van der Waals surface area contributed by atoms with Crippen LogP contribution in [-0.2, 0) is 11.3 Å². The maximum absolute atomic E-state index is 6.42. The standard InChI is InChI=1S/C16H25NO/c1-15(2)8-10-16(17,11-9-15)13-18-12-14-6-4-3-5-7-14/h3-7H,8-13,17H2,1-2H3. The molecule has 2 heteroatoms. The van der Waals surface area contributed by atoms with Gasteiger partial charge < -0.3 is 10.5 Å². The summed E-state index contributed by atoms with van der Waals surface area (Å²) in [5.41, 5.74) is 7.99. The van der Waals surface area contributed by atoms with Crippen molar-refractivity contribution in [3.8, 4) is 0 Å². The molecule has 0 bridgehead atoms. The van der Waals surface area contributed by atoms with Gasteiger partial charge in [0.05, 0.1) is 13.2 Å². The molecule has 0 spiro atoms. The fourth-order valence-corrected chi connectivity index (χ4v) is 2.52.